The molecule has 4 nitrogen and oxygen atoms in total. The highest BCUT2D eigenvalue weighted by molar-refractivity contribution is 5.95. The molecule has 0 unspecified atom stereocenters. The first-order valence-corrected chi connectivity index (χ1v) is 7.56. The van der Waals surface area contributed by atoms with Gasteiger partial charge in [-0.2, -0.15) is 13.2 Å². The number of amides is 1. The van der Waals surface area contributed by atoms with Crippen molar-refractivity contribution in [2.24, 2.45) is 5.92 Å². The number of allylic oxidation sites excluding steroid dienone is 1. The van der Waals surface area contributed by atoms with Crippen LogP contribution >= 0.6 is 0 Å². The second kappa shape index (κ2) is 7.07. The van der Waals surface area contributed by atoms with Gasteiger partial charge < -0.3 is 10.0 Å². The lowest BCUT2D eigenvalue weighted by molar-refractivity contribution is -0.144. The van der Waals surface area contributed by atoms with Crippen LogP contribution in [0, 0.1) is 5.92 Å². The Hall–Kier alpha value is -2.31. The number of carboxylic acids is 1. The lowest BCUT2D eigenvalue weighted by Gasteiger charge is -2.29. The number of carbonyl (C=O) groups excluding carboxylic acids is 1. The smallest absolute Gasteiger partial charge is 0.416 e. The minimum Gasteiger partial charge on any atom is -0.481 e. The molecule has 24 heavy (non-hydrogen) atoms. The SMILES string of the molecule is CC(=CC(=O)N1CCC(C(=O)O)CC1)c1ccc(C(F)(F)F)cc1. The fourth-order valence-electron chi connectivity index (χ4n) is 2.63. The average molecular weight is 341 g/mol. The van der Waals surface area contributed by atoms with Crippen LogP contribution in [-0.2, 0) is 15.8 Å². The van der Waals surface area contributed by atoms with Gasteiger partial charge in [-0.15, -0.1) is 0 Å². The Morgan fingerprint density at radius 2 is 1.71 bits per heavy atom. The van der Waals surface area contributed by atoms with Crippen LogP contribution in [0.5, 0.6) is 0 Å². The number of nitrogens with zero attached hydrogens (tertiary/aromatic N) is 1. The maximum Gasteiger partial charge on any atom is 0.416 e. The van der Waals surface area contributed by atoms with Gasteiger partial charge >= 0.3 is 12.1 Å². The molecule has 1 N–H and O–H groups in total. The summed E-state index contributed by atoms with van der Waals surface area (Å²) in [5.74, 6) is -1.52. The van der Waals surface area contributed by atoms with Crippen LogP contribution in [0.2, 0.25) is 0 Å². The summed E-state index contributed by atoms with van der Waals surface area (Å²) < 4.78 is 37.6. The van der Waals surface area contributed by atoms with Crippen molar-refractivity contribution < 1.29 is 27.9 Å². The fraction of sp³-hybridized carbons (Fsp3) is 0.412. The molecular formula is C17H18F3NO3. The molecule has 1 fully saturated rings. The molecule has 0 bridgehead atoms. The predicted molar refractivity (Wildman–Crippen MR) is 82.0 cm³/mol. The Bertz CT molecular complexity index is 642. The minimum absolute atomic E-state index is 0.253. The lowest BCUT2D eigenvalue weighted by atomic mass is 9.97. The number of rotatable bonds is 3. The number of carboxylic acid groups (broad SMARTS) is 1. The van der Waals surface area contributed by atoms with E-state index in [1.165, 1.54) is 18.2 Å². The Morgan fingerprint density at radius 3 is 2.17 bits per heavy atom. The van der Waals surface area contributed by atoms with E-state index in [1.807, 2.05) is 0 Å². The number of carbonyl (C=O) groups is 2. The van der Waals surface area contributed by atoms with Gasteiger partial charge in [-0.1, -0.05) is 12.1 Å². The number of halogens is 3. The summed E-state index contributed by atoms with van der Waals surface area (Å²) in [6.45, 7) is 2.39. The number of piperidine rings is 1. The summed E-state index contributed by atoms with van der Waals surface area (Å²) in [6.07, 6.45) is -2.19. The Morgan fingerprint density at radius 1 is 1.17 bits per heavy atom. The number of hydrogen-bond donors (Lipinski definition) is 1. The third-order valence-electron chi connectivity index (χ3n) is 4.16. The summed E-state index contributed by atoms with van der Waals surface area (Å²) in [6, 6.07) is 4.63. The molecule has 0 aliphatic carbocycles. The van der Waals surface area contributed by atoms with Crippen molar-refractivity contribution in [3.8, 4) is 0 Å². The normalized spacial score (nSPS) is 17.0. The van der Waals surface area contributed by atoms with Gasteiger partial charge in [0.25, 0.3) is 0 Å². The van der Waals surface area contributed by atoms with E-state index in [9.17, 15) is 22.8 Å². The minimum atomic E-state index is -4.39. The summed E-state index contributed by atoms with van der Waals surface area (Å²) in [5.41, 5.74) is 0.368. The van der Waals surface area contributed by atoms with Crippen molar-refractivity contribution in [3.63, 3.8) is 0 Å². The topological polar surface area (TPSA) is 57.6 Å². The van der Waals surface area contributed by atoms with Crippen molar-refractivity contribution in [1.82, 2.24) is 4.90 Å². The molecule has 1 aromatic carbocycles. The van der Waals surface area contributed by atoms with E-state index >= 15 is 0 Å². The third-order valence-corrected chi connectivity index (χ3v) is 4.16. The summed E-state index contributed by atoms with van der Waals surface area (Å²) in [5, 5.41) is 8.94. The molecule has 1 saturated heterocycles. The van der Waals surface area contributed by atoms with Crippen molar-refractivity contribution in [3.05, 3.63) is 41.5 Å². The van der Waals surface area contributed by atoms with E-state index in [0.29, 0.717) is 37.1 Å². The molecular weight excluding hydrogens is 323 g/mol. The molecule has 1 aliphatic heterocycles. The standard InChI is InChI=1S/C17H18F3NO3/c1-11(12-2-4-14(5-3-12)17(18,19)20)10-15(22)21-8-6-13(7-9-21)16(23)24/h2-5,10,13H,6-9H2,1H3,(H,23,24). The molecule has 1 amide bonds. The van der Waals surface area contributed by atoms with Gasteiger partial charge in [-0.25, -0.2) is 0 Å². The van der Waals surface area contributed by atoms with Gasteiger partial charge in [0.2, 0.25) is 5.91 Å². The van der Waals surface area contributed by atoms with Crippen LogP contribution in [0.3, 0.4) is 0 Å². The second-order valence-electron chi connectivity index (χ2n) is 5.84. The molecule has 0 saturated carbocycles. The van der Waals surface area contributed by atoms with E-state index in [0.717, 1.165) is 12.1 Å². The van der Waals surface area contributed by atoms with Crippen molar-refractivity contribution in [2.45, 2.75) is 25.9 Å². The van der Waals surface area contributed by atoms with Crippen molar-refractivity contribution in [1.29, 1.82) is 0 Å². The Labute approximate surface area is 137 Å². The van der Waals surface area contributed by atoms with Crippen molar-refractivity contribution >= 4 is 17.4 Å². The first-order chi connectivity index (χ1) is 11.2. The molecule has 1 heterocycles. The van der Waals surface area contributed by atoms with E-state index in [-0.39, 0.29) is 5.91 Å². The number of alkyl halides is 3. The van der Waals surface area contributed by atoms with Crippen LogP contribution in [-0.4, -0.2) is 35.0 Å². The Balaban J connectivity index is 2.02. The zero-order valence-electron chi connectivity index (χ0n) is 13.1. The summed E-state index contributed by atoms with van der Waals surface area (Å²) >= 11 is 0. The van der Waals surface area contributed by atoms with Gasteiger partial charge in [0.15, 0.2) is 0 Å². The van der Waals surface area contributed by atoms with Gasteiger partial charge in [0.1, 0.15) is 0 Å². The van der Waals surface area contributed by atoms with E-state index in [1.54, 1.807) is 11.8 Å². The van der Waals surface area contributed by atoms with E-state index < -0.39 is 23.6 Å². The third kappa shape index (κ3) is 4.37. The quantitative estimate of drug-likeness (QED) is 0.857. The predicted octanol–water partition coefficient (Wildman–Crippen LogP) is 3.43. The molecule has 0 aromatic heterocycles. The lowest BCUT2D eigenvalue weighted by Crippen LogP contribution is -2.39. The van der Waals surface area contributed by atoms with Crippen LogP contribution in [0.1, 0.15) is 30.9 Å². The van der Waals surface area contributed by atoms with Crippen LogP contribution < -0.4 is 0 Å². The maximum absolute atomic E-state index is 12.5. The molecule has 0 atom stereocenters. The van der Waals surface area contributed by atoms with Crippen molar-refractivity contribution in [2.75, 3.05) is 13.1 Å². The fourth-order valence-corrected chi connectivity index (χ4v) is 2.63. The molecule has 1 aromatic rings. The van der Waals surface area contributed by atoms with Crippen LogP contribution in [0.15, 0.2) is 30.3 Å². The van der Waals surface area contributed by atoms with Crippen LogP contribution in [0.4, 0.5) is 13.2 Å². The van der Waals surface area contributed by atoms with Gasteiger partial charge in [-0.05, 0) is 43.0 Å². The zero-order chi connectivity index (χ0) is 17.9. The molecule has 2 rings (SSSR count). The number of benzene rings is 1. The first-order valence-electron chi connectivity index (χ1n) is 7.56. The molecule has 1 aliphatic rings. The summed E-state index contributed by atoms with van der Waals surface area (Å²) in [4.78, 5) is 24.7. The Kier molecular flexibility index (Phi) is 5.31. The number of hydrogen-bond acceptors (Lipinski definition) is 2. The van der Waals surface area contributed by atoms with Gasteiger partial charge in [-0.3, -0.25) is 9.59 Å². The molecule has 130 valence electrons. The van der Waals surface area contributed by atoms with Gasteiger partial charge in [0, 0.05) is 19.2 Å². The highest BCUT2D eigenvalue weighted by Gasteiger charge is 2.30. The highest BCUT2D eigenvalue weighted by atomic mass is 19.4. The monoisotopic (exact) mass is 341 g/mol. The maximum atomic E-state index is 12.5. The molecule has 0 radical (unpaired) electrons. The van der Waals surface area contributed by atoms with Crippen LogP contribution in [0.25, 0.3) is 5.57 Å². The van der Waals surface area contributed by atoms with E-state index in [4.69, 9.17) is 5.11 Å². The van der Waals surface area contributed by atoms with Gasteiger partial charge in [0.05, 0.1) is 11.5 Å². The largest absolute Gasteiger partial charge is 0.481 e. The highest BCUT2D eigenvalue weighted by Crippen LogP contribution is 2.30. The van der Waals surface area contributed by atoms with E-state index in [2.05, 4.69) is 0 Å². The summed E-state index contributed by atoms with van der Waals surface area (Å²) in [7, 11) is 0. The molecule has 7 heteroatoms. The molecule has 0 spiro atoms. The average Bonchev–Trinajstić information content (AvgIpc) is 2.54. The number of likely N-dealkylation sites (tertiary alicyclic amines) is 1. The number of aliphatic carboxylic acids is 1. The second-order valence-corrected chi connectivity index (χ2v) is 5.84. The zero-order valence-corrected chi connectivity index (χ0v) is 13.1. The first kappa shape index (κ1) is 18.0.